The fourth-order valence-corrected chi connectivity index (χ4v) is 19.6. The van der Waals surface area contributed by atoms with Gasteiger partial charge in [-0.1, -0.05) is 322 Å². The van der Waals surface area contributed by atoms with Crippen molar-refractivity contribution < 1.29 is 8.83 Å². The summed E-state index contributed by atoms with van der Waals surface area (Å²) in [5.41, 5.74) is 37.6. The van der Waals surface area contributed by atoms with Gasteiger partial charge in [0.25, 0.3) is 6.71 Å². The predicted octanol–water partition coefficient (Wildman–Crippen LogP) is 30.8. The number of anilines is 6. The number of rotatable bonds is 10. The molecule has 594 valence electrons. The smallest absolute Gasteiger partial charge is 0.252 e. The number of fused-ring (bicyclic) bond motifs is 13. The molecule has 0 atom stereocenters. The Morgan fingerprint density at radius 2 is 0.607 bits per heavy atom. The Labute approximate surface area is 717 Å². The van der Waals surface area contributed by atoms with Crippen molar-refractivity contribution in [3.05, 3.63) is 361 Å². The minimum Gasteiger partial charge on any atom is -0.456 e. The Bertz CT molecular complexity index is 7130. The van der Waals surface area contributed by atoms with Crippen LogP contribution in [0.5, 0.6) is 0 Å². The Morgan fingerprint density at radius 1 is 0.230 bits per heavy atom. The molecule has 0 bridgehead atoms. The van der Waals surface area contributed by atoms with Gasteiger partial charge in [0.15, 0.2) is 0 Å². The Morgan fingerprint density at radius 3 is 1.06 bits per heavy atom. The van der Waals surface area contributed by atoms with Gasteiger partial charge in [-0.05, 0) is 242 Å². The molecule has 19 aromatic rings. The first-order valence-corrected chi connectivity index (χ1v) is 43.4. The quantitative estimate of drug-likeness (QED) is 0.128. The lowest BCUT2D eigenvalue weighted by Crippen LogP contribution is -2.61. The van der Waals surface area contributed by atoms with Gasteiger partial charge in [-0.15, -0.1) is 0 Å². The van der Waals surface area contributed by atoms with Crippen LogP contribution in [0, 0.1) is 0 Å². The van der Waals surface area contributed by atoms with Crippen LogP contribution in [-0.4, -0.2) is 11.3 Å². The van der Waals surface area contributed by atoms with Crippen molar-refractivity contribution in [3.8, 4) is 83.6 Å². The van der Waals surface area contributed by atoms with Crippen LogP contribution < -0.4 is 26.2 Å². The van der Waals surface area contributed by atoms with Gasteiger partial charge in [0.1, 0.15) is 22.3 Å². The molecule has 0 radical (unpaired) electrons. The average molecular weight is 1580 g/mol. The molecule has 0 fully saturated rings. The van der Waals surface area contributed by atoms with Crippen LogP contribution in [0.15, 0.2) is 342 Å². The van der Waals surface area contributed by atoms with Crippen molar-refractivity contribution in [1.29, 1.82) is 0 Å². The van der Waals surface area contributed by atoms with Crippen LogP contribution in [0.2, 0.25) is 0 Å². The van der Waals surface area contributed by atoms with Crippen molar-refractivity contribution in [2.75, 3.05) is 9.80 Å². The van der Waals surface area contributed by atoms with Gasteiger partial charge < -0.3 is 23.2 Å². The van der Waals surface area contributed by atoms with E-state index in [-0.39, 0.29) is 33.8 Å². The zero-order valence-electron chi connectivity index (χ0n) is 72.5. The van der Waals surface area contributed by atoms with E-state index in [1.54, 1.807) is 0 Å². The predicted molar refractivity (Wildman–Crippen MR) is 521 cm³/mol. The van der Waals surface area contributed by atoms with Crippen LogP contribution >= 0.6 is 0 Å². The lowest BCUT2D eigenvalue weighted by molar-refractivity contribution is 0.590. The molecule has 0 unspecified atom stereocenters. The molecule has 2 aliphatic rings. The molecule has 2 aliphatic heterocycles. The first-order chi connectivity index (χ1) is 58.7. The summed E-state index contributed by atoms with van der Waals surface area (Å²) in [7, 11) is 0. The molecule has 0 saturated carbocycles. The summed E-state index contributed by atoms with van der Waals surface area (Å²) < 4.78 is 16.8. The summed E-state index contributed by atoms with van der Waals surface area (Å²) in [5.74, 6) is 0. The van der Waals surface area contributed by atoms with Crippen molar-refractivity contribution >= 4 is 123 Å². The number of furan rings is 2. The number of para-hydroxylation sites is 2. The summed E-state index contributed by atoms with van der Waals surface area (Å²) in [6.45, 7) is 35.0. The van der Waals surface area contributed by atoms with E-state index in [0.29, 0.717) is 0 Å². The minimum atomic E-state index is -0.356. The SMILES string of the molecule is CC(C)(C)c1cc(-c2ccccc2)c(N2c3cc(C(C)(C)C)ccc3B3c4cc(-c5cc(-c6ccccc6)cc(-c6ccccc6)c5)ccc4N(c4c(-c5cccc6oc7ccccc7c56)cc(C(C)(C)C)cc4-c4cccc5oc6ccccc6c45)c4cc(-n5c6ccc(C(C)(C)C)cc6c6cc(C(C)(C)C)ccc65)cc2c43)c(-c2ccccc2)c1. The van der Waals surface area contributed by atoms with Crippen LogP contribution in [0.25, 0.3) is 149 Å². The summed E-state index contributed by atoms with van der Waals surface area (Å²) in [5, 5.41) is 6.69. The van der Waals surface area contributed by atoms with Crippen LogP contribution in [-0.2, 0) is 27.1 Å². The third-order valence-electron chi connectivity index (χ3n) is 26.1. The Hall–Kier alpha value is -13.4. The summed E-state index contributed by atoms with van der Waals surface area (Å²) >= 11 is 0. The van der Waals surface area contributed by atoms with Crippen molar-refractivity contribution in [2.45, 2.75) is 131 Å². The number of benzene rings is 16. The number of nitrogens with zero attached hydrogens (tertiary/aromatic N) is 3. The molecule has 21 rings (SSSR count). The van der Waals surface area contributed by atoms with E-state index in [1.807, 2.05) is 0 Å². The molecule has 16 aromatic carbocycles. The molecule has 3 aromatic heterocycles. The van der Waals surface area contributed by atoms with E-state index in [0.717, 1.165) is 173 Å². The summed E-state index contributed by atoms with van der Waals surface area (Å²) in [6.07, 6.45) is 0. The number of hydrogen-bond donors (Lipinski definition) is 0. The number of aromatic nitrogens is 1. The lowest BCUT2D eigenvalue weighted by Gasteiger charge is -2.46. The van der Waals surface area contributed by atoms with E-state index < -0.39 is 0 Å². The van der Waals surface area contributed by atoms with E-state index in [2.05, 4.69) is 452 Å². The molecule has 6 heteroatoms. The second-order valence-corrected chi connectivity index (χ2v) is 39.3. The molecule has 0 spiro atoms. The Balaban J connectivity index is 0.999. The van der Waals surface area contributed by atoms with E-state index in [4.69, 9.17) is 8.83 Å². The van der Waals surface area contributed by atoms with Crippen LogP contribution in [0.4, 0.5) is 34.1 Å². The zero-order chi connectivity index (χ0) is 83.8. The fourth-order valence-electron chi connectivity index (χ4n) is 19.6. The van der Waals surface area contributed by atoms with Gasteiger partial charge in [-0.3, -0.25) is 0 Å². The maximum atomic E-state index is 7.07. The highest BCUT2D eigenvalue weighted by molar-refractivity contribution is 7.00. The second kappa shape index (κ2) is 28.1. The molecular formula is C116H100BN3O2. The minimum absolute atomic E-state index is 0.134. The van der Waals surface area contributed by atoms with Crippen molar-refractivity contribution in [2.24, 2.45) is 0 Å². The lowest BCUT2D eigenvalue weighted by atomic mass is 9.33. The van der Waals surface area contributed by atoms with Gasteiger partial charge in [0.05, 0.1) is 28.1 Å². The molecular weight excluding hydrogens is 1480 g/mol. The van der Waals surface area contributed by atoms with Gasteiger partial charge in [0, 0.05) is 77.3 Å². The third-order valence-corrected chi connectivity index (χ3v) is 26.1. The molecule has 122 heavy (non-hydrogen) atoms. The largest absolute Gasteiger partial charge is 0.456 e. The first kappa shape index (κ1) is 76.0. The van der Waals surface area contributed by atoms with Crippen molar-refractivity contribution in [1.82, 2.24) is 4.57 Å². The van der Waals surface area contributed by atoms with Crippen LogP contribution in [0.3, 0.4) is 0 Å². The maximum absolute atomic E-state index is 7.07. The van der Waals surface area contributed by atoms with Crippen LogP contribution in [0.1, 0.15) is 132 Å². The second-order valence-electron chi connectivity index (χ2n) is 39.3. The fraction of sp³-hybridized carbons (Fsp3) is 0.172. The number of hydrogen-bond acceptors (Lipinski definition) is 4. The zero-order valence-corrected chi connectivity index (χ0v) is 72.5. The molecule has 0 saturated heterocycles. The van der Waals surface area contributed by atoms with Crippen molar-refractivity contribution in [3.63, 3.8) is 0 Å². The highest BCUT2D eigenvalue weighted by Gasteiger charge is 2.47. The average Bonchev–Trinajstić information content (AvgIpc) is 1.65. The molecule has 0 N–H and O–H groups in total. The molecule has 0 aliphatic carbocycles. The summed E-state index contributed by atoms with van der Waals surface area (Å²) in [6, 6.07) is 127. The highest BCUT2D eigenvalue weighted by Crippen LogP contribution is 2.58. The van der Waals surface area contributed by atoms with Gasteiger partial charge in [-0.2, -0.15) is 0 Å². The highest BCUT2D eigenvalue weighted by atomic mass is 16.3. The van der Waals surface area contributed by atoms with Gasteiger partial charge >= 0.3 is 0 Å². The molecule has 0 amide bonds. The summed E-state index contributed by atoms with van der Waals surface area (Å²) in [4.78, 5) is 5.51. The Kier molecular flexibility index (Phi) is 17.5. The standard InChI is InChI=1S/C116H100BN3O2/c1-112(2,3)79-52-56-97-91(62-79)92-63-80(113(4,5)6)53-57-98(92)118(97)84-69-101-109-102(70-84)120(110-89(73-38-24-18-25-39-73)64-82(115(10,11)12)65-90(110)74-40-26-19-27-41-74)100-68-81(114(7,8)9)51-54-95(100)117(109)96-61-75(78-59-76(71-34-20-16-21-35-71)58-77(60-78)72-36-22-17-23-37-72)50-55-99(96)119(101)111-93(85-44-32-48-105-107(85)87-42-28-30-46-103(87)121-105)66-83(116(13,14)15)67-94(111)86-45-33-49-106-108(86)88-43-29-31-47-104(88)122-106/h16-70H,1-15H3. The van der Waals surface area contributed by atoms with E-state index >= 15 is 0 Å². The third kappa shape index (κ3) is 12.6. The monoisotopic (exact) mass is 1580 g/mol. The molecule has 5 nitrogen and oxygen atoms in total. The maximum Gasteiger partial charge on any atom is 0.252 e. The topological polar surface area (TPSA) is 37.7 Å². The normalized spacial score (nSPS) is 13.2. The first-order valence-electron chi connectivity index (χ1n) is 43.4. The molecule has 5 heterocycles. The van der Waals surface area contributed by atoms with E-state index in [9.17, 15) is 0 Å². The van der Waals surface area contributed by atoms with E-state index in [1.165, 1.54) is 55.0 Å². The van der Waals surface area contributed by atoms with Gasteiger partial charge in [0.2, 0.25) is 0 Å². The van der Waals surface area contributed by atoms with Gasteiger partial charge in [-0.25, -0.2) is 0 Å².